The van der Waals surface area contributed by atoms with E-state index < -0.39 is 0 Å². The molecule has 7 heteroatoms. The number of anilines is 1. The molecule has 122 valence electrons. The minimum absolute atomic E-state index is 0.0328. The molecule has 0 unspecified atom stereocenters. The molecule has 2 aromatic heterocycles. The number of rotatable bonds is 5. The Morgan fingerprint density at radius 2 is 2.08 bits per heavy atom. The molecule has 1 aromatic carbocycles. The van der Waals surface area contributed by atoms with Crippen LogP contribution in [0, 0.1) is 0 Å². The van der Waals surface area contributed by atoms with Gasteiger partial charge >= 0.3 is 0 Å². The van der Waals surface area contributed by atoms with Gasteiger partial charge in [-0.25, -0.2) is 9.97 Å². The van der Waals surface area contributed by atoms with Crippen LogP contribution in [0.5, 0.6) is 0 Å². The summed E-state index contributed by atoms with van der Waals surface area (Å²) in [5, 5.41) is 5.28. The predicted octanol–water partition coefficient (Wildman–Crippen LogP) is 4.01. The zero-order valence-corrected chi connectivity index (χ0v) is 14.8. The average molecular weight is 357 g/mol. The molecule has 0 fully saturated rings. The van der Waals surface area contributed by atoms with Crippen LogP contribution in [0.1, 0.15) is 24.2 Å². The van der Waals surface area contributed by atoms with Crippen LogP contribution in [0.2, 0.25) is 0 Å². The number of nitrogens with zero attached hydrogens (tertiary/aromatic N) is 2. The molecule has 24 heavy (non-hydrogen) atoms. The highest BCUT2D eigenvalue weighted by Crippen LogP contribution is 2.31. The molecule has 0 saturated heterocycles. The normalized spacial score (nSPS) is 12.1. The highest BCUT2D eigenvalue weighted by Gasteiger charge is 2.18. The maximum Gasteiger partial charge on any atom is 0.237 e. The van der Waals surface area contributed by atoms with Gasteiger partial charge in [-0.3, -0.25) is 9.59 Å². The minimum atomic E-state index is -0.328. The second-order valence-corrected chi connectivity index (χ2v) is 7.45. The molecule has 1 atom stereocenters. The lowest BCUT2D eigenvalue weighted by atomic mass is 10.1. The standard InChI is InChI=1S/C17H15N3O2S2/c1-10(21)12-4-3-5-13(8-12)20-16(22)11(2)24-17-15-14(6-7-23-15)18-9-19-17/h3-9,11H,1-2H3,(H,20,22)/t11-/m0/s1. The molecule has 3 rings (SSSR count). The van der Waals surface area contributed by atoms with E-state index in [0.717, 1.165) is 15.2 Å². The fourth-order valence-corrected chi connectivity index (χ4v) is 3.97. The van der Waals surface area contributed by atoms with Gasteiger partial charge in [0.1, 0.15) is 11.4 Å². The summed E-state index contributed by atoms with van der Waals surface area (Å²) in [6.45, 7) is 3.33. The molecule has 0 spiro atoms. The third-order valence-electron chi connectivity index (χ3n) is 3.40. The largest absolute Gasteiger partial charge is 0.325 e. The van der Waals surface area contributed by atoms with Crippen molar-refractivity contribution >= 4 is 50.7 Å². The number of Topliss-reactive ketones (excluding diaryl/α,β-unsaturated/α-hetero) is 1. The number of ketones is 1. The highest BCUT2D eigenvalue weighted by atomic mass is 32.2. The van der Waals surface area contributed by atoms with Gasteiger partial charge in [-0.15, -0.1) is 11.3 Å². The van der Waals surface area contributed by atoms with Crippen molar-refractivity contribution in [3.8, 4) is 0 Å². The molecule has 0 aliphatic rings. The van der Waals surface area contributed by atoms with Gasteiger partial charge in [0.05, 0.1) is 15.5 Å². The van der Waals surface area contributed by atoms with Crippen LogP contribution in [-0.2, 0) is 4.79 Å². The summed E-state index contributed by atoms with van der Waals surface area (Å²) in [6.07, 6.45) is 1.51. The zero-order valence-electron chi connectivity index (χ0n) is 13.1. The Bertz CT molecular complexity index is 907. The monoisotopic (exact) mass is 357 g/mol. The Kier molecular flexibility index (Phi) is 4.92. The van der Waals surface area contributed by atoms with E-state index in [4.69, 9.17) is 0 Å². The zero-order chi connectivity index (χ0) is 17.1. The molecule has 3 aromatic rings. The van der Waals surface area contributed by atoms with Gasteiger partial charge in [-0.1, -0.05) is 23.9 Å². The van der Waals surface area contributed by atoms with Crippen molar-refractivity contribution in [2.24, 2.45) is 0 Å². The Hall–Kier alpha value is -2.25. The smallest absolute Gasteiger partial charge is 0.237 e. The summed E-state index contributed by atoms with van der Waals surface area (Å²) in [6, 6.07) is 8.86. The third kappa shape index (κ3) is 3.63. The van der Waals surface area contributed by atoms with Gasteiger partial charge in [0, 0.05) is 11.3 Å². The molecular weight excluding hydrogens is 342 g/mol. The first-order valence-corrected chi connectivity index (χ1v) is 9.07. The number of hydrogen-bond acceptors (Lipinski definition) is 6. The number of carbonyl (C=O) groups excluding carboxylic acids is 2. The lowest BCUT2D eigenvalue weighted by molar-refractivity contribution is -0.115. The maximum atomic E-state index is 12.4. The first-order valence-electron chi connectivity index (χ1n) is 7.31. The van der Waals surface area contributed by atoms with Gasteiger partial charge in [0.15, 0.2) is 5.78 Å². The first-order chi connectivity index (χ1) is 11.5. The molecule has 0 radical (unpaired) electrons. The molecule has 0 aliphatic carbocycles. The van der Waals surface area contributed by atoms with Crippen LogP contribution in [0.4, 0.5) is 5.69 Å². The number of fused-ring (bicyclic) bond motifs is 1. The summed E-state index contributed by atoms with van der Waals surface area (Å²) in [5.41, 5.74) is 2.08. The van der Waals surface area contributed by atoms with Crippen LogP contribution in [0.3, 0.4) is 0 Å². The van der Waals surface area contributed by atoms with Gasteiger partial charge in [0.25, 0.3) is 0 Å². The number of thiophene rings is 1. The number of benzene rings is 1. The van der Waals surface area contributed by atoms with E-state index in [1.54, 1.807) is 35.6 Å². The van der Waals surface area contributed by atoms with Crippen molar-refractivity contribution in [2.75, 3.05) is 5.32 Å². The Morgan fingerprint density at radius 1 is 1.25 bits per heavy atom. The van der Waals surface area contributed by atoms with E-state index in [1.165, 1.54) is 25.0 Å². The number of amides is 1. The van der Waals surface area contributed by atoms with E-state index in [0.29, 0.717) is 11.3 Å². The Labute approximate surface area is 147 Å². The molecule has 0 saturated carbocycles. The lowest BCUT2D eigenvalue weighted by Gasteiger charge is -2.12. The topological polar surface area (TPSA) is 72.0 Å². The fraction of sp³-hybridized carbons (Fsp3) is 0.176. The Morgan fingerprint density at radius 3 is 2.88 bits per heavy atom. The van der Waals surface area contributed by atoms with Crippen molar-refractivity contribution in [1.29, 1.82) is 0 Å². The van der Waals surface area contributed by atoms with E-state index in [-0.39, 0.29) is 16.9 Å². The van der Waals surface area contributed by atoms with Crippen molar-refractivity contribution < 1.29 is 9.59 Å². The maximum absolute atomic E-state index is 12.4. The van der Waals surface area contributed by atoms with E-state index in [1.807, 2.05) is 18.4 Å². The van der Waals surface area contributed by atoms with Crippen molar-refractivity contribution in [1.82, 2.24) is 9.97 Å². The highest BCUT2D eigenvalue weighted by molar-refractivity contribution is 8.00. The molecular formula is C17H15N3O2S2. The fourth-order valence-electron chi connectivity index (χ4n) is 2.13. The van der Waals surface area contributed by atoms with E-state index in [2.05, 4.69) is 15.3 Å². The number of nitrogens with one attached hydrogen (secondary N) is 1. The third-order valence-corrected chi connectivity index (χ3v) is 5.54. The van der Waals surface area contributed by atoms with E-state index >= 15 is 0 Å². The first kappa shape index (κ1) is 16.6. The van der Waals surface area contributed by atoms with Crippen LogP contribution in [0.15, 0.2) is 47.1 Å². The van der Waals surface area contributed by atoms with Crippen LogP contribution < -0.4 is 5.32 Å². The lowest BCUT2D eigenvalue weighted by Crippen LogP contribution is -2.22. The second-order valence-electron chi connectivity index (χ2n) is 5.20. The molecule has 0 aliphatic heterocycles. The molecule has 0 bridgehead atoms. The van der Waals surface area contributed by atoms with Gasteiger partial charge in [-0.05, 0) is 37.4 Å². The van der Waals surface area contributed by atoms with Gasteiger partial charge in [-0.2, -0.15) is 0 Å². The summed E-state index contributed by atoms with van der Waals surface area (Å²) < 4.78 is 0.987. The molecule has 1 N–H and O–H groups in total. The summed E-state index contributed by atoms with van der Waals surface area (Å²) >= 11 is 2.96. The number of thioether (sulfide) groups is 1. The van der Waals surface area contributed by atoms with Crippen molar-refractivity contribution in [3.05, 3.63) is 47.6 Å². The van der Waals surface area contributed by atoms with Crippen LogP contribution >= 0.6 is 23.1 Å². The average Bonchev–Trinajstić information content (AvgIpc) is 3.04. The number of carbonyl (C=O) groups is 2. The molecule has 1 amide bonds. The van der Waals surface area contributed by atoms with Crippen LogP contribution in [0.25, 0.3) is 10.2 Å². The molecule has 2 heterocycles. The number of hydrogen-bond donors (Lipinski definition) is 1. The summed E-state index contributed by atoms with van der Waals surface area (Å²) in [4.78, 5) is 32.3. The summed E-state index contributed by atoms with van der Waals surface area (Å²) in [5.74, 6) is -0.168. The second kappa shape index (κ2) is 7.11. The van der Waals surface area contributed by atoms with E-state index in [9.17, 15) is 9.59 Å². The molecule has 5 nitrogen and oxygen atoms in total. The van der Waals surface area contributed by atoms with Crippen LogP contribution in [-0.4, -0.2) is 26.9 Å². The van der Waals surface area contributed by atoms with Crippen molar-refractivity contribution in [3.63, 3.8) is 0 Å². The van der Waals surface area contributed by atoms with Crippen molar-refractivity contribution in [2.45, 2.75) is 24.1 Å². The quantitative estimate of drug-likeness (QED) is 0.424. The predicted molar refractivity (Wildman–Crippen MR) is 97.8 cm³/mol. The Balaban J connectivity index is 1.72. The van der Waals surface area contributed by atoms with Gasteiger partial charge < -0.3 is 5.32 Å². The summed E-state index contributed by atoms with van der Waals surface area (Å²) in [7, 11) is 0. The minimum Gasteiger partial charge on any atom is -0.325 e. The number of aromatic nitrogens is 2. The van der Waals surface area contributed by atoms with Gasteiger partial charge in [0.2, 0.25) is 5.91 Å². The SMILES string of the molecule is CC(=O)c1cccc(NC(=O)[C@H](C)Sc2ncnc3ccsc23)c1.